The van der Waals surface area contributed by atoms with E-state index in [0.717, 1.165) is 47.7 Å². The molecule has 3 aromatic rings. The van der Waals surface area contributed by atoms with Crippen LogP contribution in [-0.2, 0) is 26.0 Å². The zero-order valence-electron chi connectivity index (χ0n) is 23.3. The summed E-state index contributed by atoms with van der Waals surface area (Å²) in [4.78, 5) is 28.5. The van der Waals surface area contributed by atoms with Crippen LogP contribution in [-0.4, -0.2) is 57.4 Å². The second kappa shape index (κ2) is 13.6. The lowest BCUT2D eigenvalue weighted by Gasteiger charge is -2.32. The highest BCUT2D eigenvalue weighted by Crippen LogP contribution is 2.26. The van der Waals surface area contributed by atoms with Gasteiger partial charge in [-0.2, -0.15) is 0 Å². The lowest BCUT2D eigenvalue weighted by molar-refractivity contribution is -0.139. The van der Waals surface area contributed by atoms with Crippen LogP contribution in [0.3, 0.4) is 0 Å². The number of nitrogens with zero attached hydrogens (tertiary/aromatic N) is 2. The van der Waals surface area contributed by atoms with Crippen molar-refractivity contribution in [1.29, 1.82) is 0 Å². The van der Waals surface area contributed by atoms with E-state index in [2.05, 4.69) is 5.32 Å². The van der Waals surface area contributed by atoms with Gasteiger partial charge in [0.15, 0.2) is 0 Å². The number of hydrogen-bond donors (Lipinski definition) is 1. The summed E-state index contributed by atoms with van der Waals surface area (Å²) in [7, 11) is -2.77. The standard InChI is InChI=1S/C31H36FN3O5S/c1-23(31(37)33-26-10-6-7-11-26)34(21-20-24-8-4-3-5-9-24)30(36)22-35(27-14-12-25(32)13-15-27)41(38,39)29-18-16-28(40-2)17-19-29/h3-5,8-9,12-19,23,26H,6-7,10-11,20-22H2,1-2H3,(H,33,37)/t23-/m0/s1. The number of carbonyl (C=O) groups excluding carboxylic acids is 2. The van der Waals surface area contributed by atoms with E-state index in [4.69, 9.17) is 4.74 Å². The van der Waals surface area contributed by atoms with Crippen molar-refractivity contribution in [2.24, 2.45) is 0 Å². The van der Waals surface area contributed by atoms with Crippen LogP contribution in [0.2, 0.25) is 0 Å². The van der Waals surface area contributed by atoms with E-state index in [1.54, 1.807) is 6.92 Å². The van der Waals surface area contributed by atoms with Gasteiger partial charge in [-0.15, -0.1) is 0 Å². The maximum atomic E-state index is 13.9. The number of carbonyl (C=O) groups is 2. The predicted molar refractivity (Wildman–Crippen MR) is 156 cm³/mol. The molecule has 0 aliphatic heterocycles. The Morgan fingerprint density at radius 2 is 1.61 bits per heavy atom. The van der Waals surface area contributed by atoms with E-state index in [1.807, 2.05) is 30.3 Å². The predicted octanol–water partition coefficient (Wildman–Crippen LogP) is 4.55. The van der Waals surface area contributed by atoms with Gasteiger partial charge < -0.3 is 15.0 Å². The fraction of sp³-hybridized carbons (Fsp3) is 0.355. The zero-order valence-corrected chi connectivity index (χ0v) is 24.1. The van der Waals surface area contributed by atoms with Crippen LogP contribution in [0.4, 0.5) is 10.1 Å². The highest BCUT2D eigenvalue weighted by molar-refractivity contribution is 7.92. The number of hydrogen-bond acceptors (Lipinski definition) is 5. The van der Waals surface area contributed by atoms with Crippen molar-refractivity contribution in [2.75, 3.05) is 24.5 Å². The Hall–Kier alpha value is -3.92. The zero-order chi connectivity index (χ0) is 29.4. The van der Waals surface area contributed by atoms with Gasteiger partial charge in [0.1, 0.15) is 24.2 Å². The third kappa shape index (κ3) is 7.64. The van der Waals surface area contributed by atoms with Crippen molar-refractivity contribution >= 4 is 27.5 Å². The second-order valence-electron chi connectivity index (χ2n) is 10.2. The smallest absolute Gasteiger partial charge is 0.264 e. The molecule has 1 aliphatic carbocycles. The van der Waals surface area contributed by atoms with Gasteiger partial charge in [-0.3, -0.25) is 13.9 Å². The molecule has 0 unspecified atom stereocenters. The van der Waals surface area contributed by atoms with Crippen LogP contribution in [0.5, 0.6) is 5.75 Å². The maximum absolute atomic E-state index is 13.9. The number of nitrogens with one attached hydrogen (secondary N) is 1. The second-order valence-corrected chi connectivity index (χ2v) is 12.0. The molecule has 0 aromatic heterocycles. The quantitative estimate of drug-likeness (QED) is 0.339. The first-order chi connectivity index (χ1) is 19.7. The Bertz CT molecular complexity index is 1410. The third-order valence-electron chi connectivity index (χ3n) is 7.39. The molecular formula is C31H36FN3O5S. The van der Waals surface area contributed by atoms with Crippen molar-refractivity contribution in [1.82, 2.24) is 10.2 Å². The van der Waals surface area contributed by atoms with Gasteiger partial charge in [0.2, 0.25) is 11.8 Å². The van der Waals surface area contributed by atoms with Crippen LogP contribution in [0.1, 0.15) is 38.2 Å². The van der Waals surface area contributed by atoms with Crippen LogP contribution in [0.25, 0.3) is 0 Å². The molecule has 3 aromatic carbocycles. The molecule has 0 heterocycles. The first-order valence-corrected chi connectivity index (χ1v) is 15.2. The molecule has 0 saturated heterocycles. The maximum Gasteiger partial charge on any atom is 0.264 e. The Balaban J connectivity index is 1.64. The summed E-state index contributed by atoms with van der Waals surface area (Å²) < 4.78 is 47.5. The van der Waals surface area contributed by atoms with E-state index in [9.17, 15) is 22.4 Å². The summed E-state index contributed by atoms with van der Waals surface area (Å²) in [5.41, 5.74) is 1.11. The van der Waals surface area contributed by atoms with E-state index < -0.39 is 34.3 Å². The van der Waals surface area contributed by atoms with Gasteiger partial charge >= 0.3 is 0 Å². The molecule has 1 aliphatic rings. The van der Waals surface area contributed by atoms with E-state index in [1.165, 1.54) is 48.4 Å². The number of rotatable bonds is 12. The highest BCUT2D eigenvalue weighted by atomic mass is 32.2. The molecule has 1 atom stereocenters. The molecule has 2 amide bonds. The number of anilines is 1. The SMILES string of the molecule is COc1ccc(S(=O)(=O)N(CC(=O)N(CCc2ccccc2)[C@@H](C)C(=O)NC2CCCC2)c2ccc(F)cc2)cc1. The van der Waals surface area contributed by atoms with Crippen LogP contribution in [0.15, 0.2) is 83.8 Å². The molecule has 1 fully saturated rings. The largest absolute Gasteiger partial charge is 0.497 e. The summed E-state index contributed by atoms with van der Waals surface area (Å²) in [5, 5.41) is 3.05. The number of benzene rings is 3. The van der Waals surface area contributed by atoms with E-state index in [0.29, 0.717) is 12.2 Å². The Morgan fingerprint density at radius 3 is 2.22 bits per heavy atom. The summed E-state index contributed by atoms with van der Waals surface area (Å²) >= 11 is 0. The Morgan fingerprint density at radius 1 is 0.976 bits per heavy atom. The molecule has 8 nitrogen and oxygen atoms in total. The van der Waals surface area contributed by atoms with Crippen LogP contribution < -0.4 is 14.4 Å². The third-order valence-corrected chi connectivity index (χ3v) is 9.18. The minimum Gasteiger partial charge on any atom is -0.497 e. The minimum atomic E-state index is -4.24. The summed E-state index contributed by atoms with van der Waals surface area (Å²) in [6.45, 7) is 1.30. The molecule has 0 spiro atoms. The van der Waals surface area contributed by atoms with Crippen molar-refractivity contribution < 1.29 is 27.1 Å². The molecule has 1 saturated carbocycles. The van der Waals surface area contributed by atoms with E-state index >= 15 is 0 Å². The minimum absolute atomic E-state index is 0.0571. The number of methoxy groups -OCH3 is 1. The topological polar surface area (TPSA) is 96.0 Å². The first kappa shape index (κ1) is 30.0. The molecule has 4 rings (SSSR count). The summed E-state index contributed by atoms with van der Waals surface area (Å²) in [5.74, 6) is -0.882. The fourth-order valence-electron chi connectivity index (χ4n) is 4.97. The summed E-state index contributed by atoms with van der Waals surface area (Å²) in [6, 6.07) is 19.5. The van der Waals surface area contributed by atoms with Gasteiger partial charge in [-0.25, -0.2) is 12.8 Å². The highest BCUT2D eigenvalue weighted by Gasteiger charge is 2.33. The van der Waals surface area contributed by atoms with Crippen molar-refractivity contribution in [3.8, 4) is 5.75 Å². The molecular weight excluding hydrogens is 545 g/mol. The molecule has 0 radical (unpaired) electrons. The first-order valence-electron chi connectivity index (χ1n) is 13.7. The average Bonchev–Trinajstić information content (AvgIpc) is 3.50. The van der Waals surface area contributed by atoms with Gasteiger partial charge in [0.25, 0.3) is 10.0 Å². The Labute approximate surface area is 241 Å². The summed E-state index contributed by atoms with van der Waals surface area (Å²) in [6.07, 6.45) is 4.37. The average molecular weight is 582 g/mol. The van der Waals surface area contributed by atoms with Crippen molar-refractivity contribution in [3.05, 3.63) is 90.2 Å². The number of sulfonamides is 1. The van der Waals surface area contributed by atoms with Crippen molar-refractivity contribution in [3.63, 3.8) is 0 Å². The van der Waals surface area contributed by atoms with Crippen LogP contribution in [0, 0.1) is 5.82 Å². The van der Waals surface area contributed by atoms with Gasteiger partial charge in [0.05, 0.1) is 17.7 Å². The number of ether oxygens (including phenoxy) is 1. The van der Waals surface area contributed by atoms with Gasteiger partial charge in [-0.05, 0) is 80.3 Å². The van der Waals surface area contributed by atoms with Crippen molar-refractivity contribution in [2.45, 2.75) is 56.0 Å². The lowest BCUT2D eigenvalue weighted by Crippen LogP contribution is -2.53. The fourth-order valence-corrected chi connectivity index (χ4v) is 6.39. The molecule has 10 heteroatoms. The van der Waals surface area contributed by atoms with E-state index in [-0.39, 0.29) is 29.1 Å². The number of halogens is 1. The lowest BCUT2D eigenvalue weighted by atomic mass is 10.1. The normalized spacial score (nSPS) is 14.3. The monoisotopic (exact) mass is 581 g/mol. The Kier molecular flexibility index (Phi) is 9.99. The van der Waals surface area contributed by atoms with Gasteiger partial charge in [0, 0.05) is 12.6 Å². The molecule has 41 heavy (non-hydrogen) atoms. The molecule has 1 N–H and O–H groups in total. The van der Waals surface area contributed by atoms with Crippen LogP contribution >= 0.6 is 0 Å². The number of amides is 2. The van der Waals surface area contributed by atoms with Gasteiger partial charge in [-0.1, -0.05) is 43.2 Å². The molecule has 0 bridgehead atoms. The molecule has 218 valence electrons.